The molecule has 3 heteroatoms. The van der Waals surface area contributed by atoms with Crippen LogP contribution in [0.1, 0.15) is 13.8 Å². The molecule has 0 radical (unpaired) electrons. The molecule has 1 N–H and O–H groups in total. The van der Waals surface area contributed by atoms with E-state index in [1.807, 2.05) is 4.90 Å². The summed E-state index contributed by atoms with van der Waals surface area (Å²) in [5.41, 5.74) is 0. The maximum Gasteiger partial charge on any atom is 0.246 e. The summed E-state index contributed by atoms with van der Waals surface area (Å²) in [6.45, 7) is 9.21. The summed E-state index contributed by atoms with van der Waals surface area (Å²) in [6, 6.07) is 0.773. The number of rotatable bonds is 1. The van der Waals surface area contributed by atoms with Crippen molar-refractivity contribution in [1.29, 1.82) is 0 Å². The molecule has 0 unspecified atom stereocenters. The van der Waals surface area contributed by atoms with Gasteiger partial charge in [0.25, 0.3) is 0 Å². The van der Waals surface area contributed by atoms with Gasteiger partial charge in [0.05, 0.1) is 0 Å². The monoisotopic (exact) mass is 168 g/mol. The fraction of sp³-hybridized carbons (Fsp3) is 0.667. The van der Waals surface area contributed by atoms with Gasteiger partial charge in [-0.2, -0.15) is 0 Å². The molecule has 0 spiro atoms. The molecule has 0 aromatic carbocycles. The Hall–Kier alpha value is -0.830. The van der Waals surface area contributed by atoms with Gasteiger partial charge in [0, 0.05) is 25.2 Å². The third kappa shape index (κ3) is 2.08. The molecule has 0 bridgehead atoms. The van der Waals surface area contributed by atoms with Crippen molar-refractivity contribution in [2.24, 2.45) is 0 Å². The highest BCUT2D eigenvalue weighted by Crippen LogP contribution is 2.04. The van der Waals surface area contributed by atoms with Crippen LogP contribution < -0.4 is 5.32 Å². The van der Waals surface area contributed by atoms with Crippen molar-refractivity contribution >= 4 is 5.91 Å². The lowest BCUT2D eigenvalue weighted by Crippen LogP contribution is -2.55. The zero-order valence-electron chi connectivity index (χ0n) is 7.71. The van der Waals surface area contributed by atoms with Gasteiger partial charge in [0.1, 0.15) is 0 Å². The summed E-state index contributed by atoms with van der Waals surface area (Å²) in [4.78, 5) is 13.1. The molecule has 1 rings (SSSR count). The first-order chi connectivity index (χ1) is 5.63. The third-order valence-corrected chi connectivity index (χ3v) is 2.04. The maximum absolute atomic E-state index is 11.2. The van der Waals surface area contributed by atoms with Crippen LogP contribution in [-0.2, 0) is 4.79 Å². The van der Waals surface area contributed by atoms with Gasteiger partial charge in [0.15, 0.2) is 0 Å². The molecule has 1 heterocycles. The minimum atomic E-state index is 0.0372. The lowest BCUT2D eigenvalue weighted by molar-refractivity contribution is -0.127. The summed E-state index contributed by atoms with van der Waals surface area (Å²) in [7, 11) is 0. The van der Waals surface area contributed by atoms with E-state index in [4.69, 9.17) is 0 Å². The van der Waals surface area contributed by atoms with Crippen LogP contribution >= 0.6 is 0 Å². The summed E-state index contributed by atoms with van der Waals surface area (Å²) in [5.74, 6) is 0.0372. The van der Waals surface area contributed by atoms with Gasteiger partial charge in [-0.1, -0.05) is 6.58 Å². The van der Waals surface area contributed by atoms with E-state index in [1.54, 1.807) is 0 Å². The molecule has 1 saturated heterocycles. The summed E-state index contributed by atoms with van der Waals surface area (Å²) in [6.07, 6.45) is 1.38. The topological polar surface area (TPSA) is 32.3 Å². The Morgan fingerprint density at radius 2 is 2.00 bits per heavy atom. The molecular formula is C9H16N2O. The third-order valence-electron chi connectivity index (χ3n) is 2.04. The fourth-order valence-electron chi connectivity index (χ4n) is 1.64. The highest BCUT2D eigenvalue weighted by molar-refractivity contribution is 5.87. The van der Waals surface area contributed by atoms with Gasteiger partial charge in [0.2, 0.25) is 5.91 Å². The number of amides is 1. The SMILES string of the molecule is C=CC(=O)N1C[C@@H](C)N[C@@H](C)C1. The maximum atomic E-state index is 11.2. The van der Waals surface area contributed by atoms with Crippen molar-refractivity contribution < 1.29 is 4.79 Å². The zero-order valence-corrected chi connectivity index (χ0v) is 7.71. The van der Waals surface area contributed by atoms with E-state index >= 15 is 0 Å². The zero-order chi connectivity index (χ0) is 9.14. The number of hydrogen-bond acceptors (Lipinski definition) is 2. The number of piperazine rings is 1. The number of nitrogens with zero attached hydrogens (tertiary/aromatic N) is 1. The Balaban J connectivity index is 2.54. The Labute approximate surface area is 73.4 Å². The van der Waals surface area contributed by atoms with E-state index in [0.717, 1.165) is 13.1 Å². The number of carbonyl (C=O) groups excluding carboxylic acids is 1. The molecule has 1 amide bonds. The van der Waals surface area contributed by atoms with E-state index in [9.17, 15) is 4.79 Å². The minimum Gasteiger partial charge on any atom is -0.336 e. The molecule has 1 aliphatic rings. The molecule has 12 heavy (non-hydrogen) atoms. The van der Waals surface area contributed by atoms with E-state index in [0.29, 0.717) is 12.1 Å². The van der Waals surface area contributed by atoms with Crippen molar-refractivity contribution in [2.45, 2.75) is 25.9 Å². The largest absolute Gasteiger partial charge is 0.336 e. The van der Waals surface area contributed by atoms with Crippen molar-refractivity contribution in [3.63, 3.8) is 0 Å². The van der Waals surface area contributed by atoms with Gasteiger partial charge in [-0.15, -0.1) is 0 Å². The molecular weight excluding hydrogens is 152 g/mol. The quantitative estimate of drug-likeness (QED) is 0.574. The van der Waals surface area contributed by atoms with E-state index < -0.39 is 0 Å². The second kappa shape index (κ2) is 3.72. The number of hydrogen-bond donors (Lipinski definition) is 1. The first kappa shape index (κ1) is 9.26. The van der Waals surface area contributed by atoms with Gasteiger partial charge in [-0.3, -0.25) is 4.79 Å². The standard InChI is InChI=1S/C9H16N2O/c1-4-9(12)11-5-7(2)10-8(3)6-11/h4,7-8,10H,1,5-6H2,2-3H3/t7-,8+. The minimum absolute atomic E-state index is 0.0372. The first-order valence-electron chi connectivity index (χ1n) is 4.31. The molecule has 3 nitrogen and oxygen atoms in total. The lowest BCUT2D eigenvalue weighted by Gasteiger charge is -2.35. The molecule has 1 fully saturated rings. The average Bonchev–Trinajstić information content (AvgIpc) is 2.01. The Bertz CT molecular complexity index is 181. The van der Waals surface area contributed by atoms with E-state index in [1.165, 1.54) is 6.08 Å². The second-order valence-corrected chi connectivity index (χ2v) is 3.42. The summed E-state index contributed by atoms with van der Waals surface area (Å²) >= 11 is 0. The molecule has 0 saturated carbocycles. The van der Waals surface area contributed by atoms with Crippen molar-refractivity contribution in [3.8, 4) is 0 Å². The molecule has 2 atom stereocenters. The molecule has 1 aliphatic heterocycles. The Morgan fingerprint density at radius 3 is 2.42 bits per heavy atom. The van der Waals surface area contributed by atoms with Crippen molar-refractivity contribution in [2.75, 3.05) is 13.1 Å². The number of carbonyl (C=O) groups is 1. The number of nitrogens with one attached hydrogen (secondary N) is 1. The van der Waals surface area contributed by atoms with Crippen LogP contribution in [0.15, 0.2) is 12.7 Å². The van der Waals surface area contributed by atoms with Crippen LogP contribution in [-0.4, -0.2) is 36.0 Å². The van der Waals surface area contributed by atoms with Crippen LogP contribution in [0, 0.1) is 0 Å². The normalized spacial score (nSPS) is 30.0. The predicted molar refractivity (Wildman–Crippen MR) is 48.8 cm³/mol. The van der Waals surface area contributed by atoms with Crippen LogP contribution in [0.2, 0.25) is 0 Å². The van der Waals surface area contributed by atoms with Crippen LogP contribution in [0.4, 0.5) is 0 Å². The average molecular weight is 168 g/mol. The van der Waals surface area contributed by atoms with Gasteiger partial charge in [-0.25, -0.2) is 0 Å². The molecule has 0 aromatic rings. The van der Waals surface area contributed by atoms with Crippen LogP contribution in [0.5, 0.6) is 0 Å². The molecule has 0 aliphatic carbocycles. The summed E-state index contributed by atoms with van der Waals surface area (Å²) < 4.78 is 0. The smallest absolute Gasteiger partial charge is 0.246 e. The van der Waals surface area contributed by atoms with E-state index in [2.05, 4.69) is 25.7 Å². The van der Waals surface area contributed by atoms with Crippen LogP contribution in [0.25, 0.3) is 0 Å². The van der Waals surface area contributed by atoms with Crippen LogP contribution in [0.3, 0.4) is 0 Å². The molecule has 68 valence electrons. The first-order valence-corrected chi connectivity index (χ1v) is 4.31. The van der Waals surface area contributed by atoms with Crippen molar-refractivity contribution in [3.05, 3.63) is 12.7 Å². The Morgan fingerprint density at radius 1 is 1.50 bits per heavy atom. The highest BCUT2D eigenvalue weighted by Gasteiger charge is 2.22. The predicted octanol–water partition coefficient (Wildman–Crippen LogP) is 0.381. The second-order valence-electron chi connectivity index (χ2n) is 3.42. The van der Waals surface area contributed by atoms with E-state index in [-0.39, 0.29) is 5.91 Å². The van der Waals surface area contributed by atoms with Gasteiger partial charge < -0.3 is 10.2 Å². The highest BCUT2D eigenvalue weighted by atomic mass is 16.2. The van der Waals surface area contributed by atoms with Crippen molar-refractivity contribution in [1.82, 2.24) is 10.2 Å². The molecule has 0 aromatic heterocycles. The lowest BCUT2D eigenvalue weighted by atomic mass is 10.1. The van der Waals surface area contributed by atoms with Gasteiger partial charge >= 0.3 is 0 Å². The summed E-state index contributed by atoms with van der Waals surface area (Å²) in [5, 5.41) is 3.36. The Kier molecular flexibility index (Phi) is 2.87. The fourth-order valence-corrected chi connectivity index (χ4v) is 1.64. The van der Waals surface area contributed by atoms with Gasteiger partial charge in [-0.05, 0) is 19.9 Å².